The van der Waals surface area contributed by atoms with E-state index in [0.717, 1.165) is 28.3 Å². The molecule has 122 valence electrons. The fourth-order valence-electron chi connectivity index (χ4n) is 2.73. The molecule has 3 N–H and O–H groups in total. The second-order valence-electron chi connectivity index (χ2n) is 5.71. The maximum atomic E-state index is 13.6. The van der Waals surface area contributed by atoms with Crippen LogP contribution in [0.25, 0.3) is 5.70 Å². The molecule has 0 spiro atoms. The smallest absolute Gasteiger partial charge is 0.126 e. The lowest BCUT2D eigenvalue weighted by molar-refractivity contribution is 0.597. The second-order valence-corrected chi connectivity index (χ2v) is 5.71. The zero-order valence-electron chi connectivity index (χ0n) is 13.2. The van der Waals surface area contributed by atoms with Gasteiger partial charge in [-0.2, -0.15) is 5.10 Å². The van der Waals surface area contributed by atoms with E-state index in [1.165, 1.54) is 17.4 Å². The van der Waals surface area contributed by atoms with Crippen LogP contribution < -0.4 is 16.3 Å². The van der Waals surface area contributed by atoms with E-state index in [2.05, 4.69) is 15.5 Å². The molecule has 2 aliphatic heterocycles. The number of halogens is 1. The summed E-state index contributed by atoms with van der Waals surface area (Å²) in [6.45, 7) is 1.73. The molecule has 24 heavy (non-hydrogen) atoms. The number of nitrogens with zero attached hydrogens (tertiary/aromatic N) is 5. The molecule has 0 fully saturated rings. The predicted molar refractivity (Wildman–Crippen MR) is 89.5 cm³/mol. The molecule has 2 aromatic rings. The van der Waals surface area contributed by atoms with Crippen LogP contribution in [0.1, 0.15) is 11.1 Å². The first-order valence-corrected chi connectivity index (χ1v) is 7.38. The highest BCUT2D eigenvalue weighted by Crippen LogP contribution is 2.36. The van der Waals surface area contributed by atoms with Gasteiger partial charge >= 0.3 is 0 Å². The molecule has 1 aromatic carbocycles. The van der Waals surface area contributed by atoms with Gasteiger partial charge in [0.05, 0.1) is 23.8 Å². The Hall–Kier alpha value is -3.13. The van der Waals surface area contributed by atoms with Gasteiger partial charge in [0.1, 0.15) is 23.5 Å². The summed E-state index contributed by atoms with van der Waals surface area (Å²) >= 11 is 0. The lowest BCUT2D eigenvalue weighted by atomic mass is 10.2. The van der Waals surface area contributed by atoms with Crippen LogP contribution in [0, 0.1) is 12.7 Å². The summed E-state index contributed by atoms with van der Waals surface area (Å²) in [6, 6.07) is 4.92. The Balaban J connectivity index is 1.80. The molecule has 0 saturated heterocycles. The number of aliphatic imine (C=N–C) groups is 1. The molecule has 8 heteroatoms. The molecular weight excluding hydrogens is 309 g/mol. The van der Waals surface area contributed by atoms with Crippen LogP contribution >= 0.6 is 0 Å². The van der Waals surface area contributed by atoms with Crippen molar-refractivity contribution in [2.24, 2.45) is 17.9 Å². The fourth-order valence-corrected chi connectivity index (χ4v) is 2.73. The summed E-state index contributed by atoms with van der Waals surface area (Å²) in [6.07, 6.45) is 6.96. The number of fused-ring (bicyclic) bond motifs is 1. The third-order valence-electron chi connectivity index (χ3n) is 3.93. The highest BCUT2D eigenvalue weighted by molar-refractivity contribution is 5.82. The van der Waals surface area contributed by atoms with Crippen molar-refractivity contribution in [3.63, 3.8) is 0 Å². The fraction of sp³-hybridized carbons (Fsp3) is 0.125. The van der Waals surface area contributed by atoms with E-state index in [1.54, 1.807) is 36.1 Å². The minimum absolute atomic E-state index is 0.241. The number of aryl methyl sites for hydroxylation is 2. The van der Waals surface area contributed by atoms with Crippen LogP contribution in [0.5, 0.6) is 0 Å². The molecule has 0 bridgehead atoms. The molecule has 4 rings (SSSR count). The Morgan fingerprint density at radius 2 is 2.12 bits per heavy atom. The van der Waals surface area contributed by atoms with Crippen molar-refractivity contribution in [3.8, 4) is 0 Å². The number of hydrogen-bond donors (Lipinski definition) is 2. The molecular formula is C16H16FN7. The highest BCUT2D eigenvalue weighted by Gasteiger charge is 2.31. The summed E-state index contributed by atoms with van der Waals surface area (Å²) in [5.74, 6) is 5.59. The molecule has 3 heterocycles. The Morgan fingerprint density at radius 1 is 1.29 bits per heavy atom. The summed E-state index contributed by atoms with van der Waals surface area (Å²) in [5.41, 5.74) is 7.94. The van der Waals surface area contributed by atoms with Crippen LogP contribution in [0.3, 0.4) is 0 Å². The minimum Gasteiger partial charge on any atom is -0.291 e. The van der Waals surface area contributed by atoms with Gasteiger partial charge in [-0.25, -0.2) is 15.2 Å². The van der Waals surface area contributed by atoms with Gasteiger partial charge in [-0.05, 0) is 30.7 Å². The van der Waals surface area contributed by atoms with E-state index >= 15 is 0 Å². The molecule has 1 aromatic heterocycles. The van der Waals surface area contributed by atoms with Crippen molar-refractivity contribution < 1.29 is 4.39 Å². The summed E-state index contributed by atoms with van der Waals surface area (Å²) in [4.78, 5) is 4.43. The molecule has 0 atom stereocenters. The van der Waals surface area contributed by atoms with Crippen molar-refractivity contribution in [1.82, 2.24) is 20.2 Å². The maximum absolute atomic E-state index is 13.6. The number of rotatable bonds is 2. The van der Waals surface area contributed by atoms with Crippen LogP contribution in [-0.2, 0) is 7.05 Å². The van der Waals surface area contributed by atoms with E-state index in [9.17, 15) is 4.39 Å². The van der Waals surface area contributed by atoms with E-state index in [4.69, 9.17) is 5.84 Å². The number of hydrogen-bond acceptors (Lipinski definition) is 6. The van der Waals surface area contributed by atoms with E-state index in [0.29, 0.717) is 5.56 Å². The van der Waals surface area contributed by atoms with Crippen molar-refractivity contribution >= 4 is 17.7 Å². The summed E-state index contributed by atoms with van der Waals surface area (Å²) in [7, 11) is 1.85. The molecule has 2 aliphatic rings. The van der Waals surface area contributed by atoms with Gasteiger partial charge in [0.25, 0.3) is 0 Å². The van der Waals surface area contributed by atoms with Crippen LogP contribution in [0.2, 0.25) is 0 Å². The zero-order valence-corrected chi connectivity index (χ0v) is 13.2. The SMILES string of the molecule is Cc1cc(N2NC(c3cnn(C)c3)=C3N=CN(N)C=C32)ccc1F. The van der Waals surface area contributed by atoms with Crippen molar-refractivity contribution in [2.75, 3.05) is 5.01 Å². The maximum Gasteiger partial charge on any atom is 0.126 e. The van der Waals surface area contributed by atoms with Gasteiger partial charge < -0.3 is 0 Å². The molecule has 0 aliphatic carbocycles. The summed E-state index contributed by atoms with van der Waals surface area (Å²) in [5, 5.41) is 7.42. The minimum atomic E-state index is -0.241. The van der Waals surface area contributed by atoms with Crippen molar-refractivity contribution in [3.05, 3.63) is 65.1 Å². The van der Waals surface area contributed by atoms with Gasteiger partial charge in [0, 0.05) is 18.8 Å². The normalized spacial score (nSPS) is 16.4. The van der Waals surface area contributed by atoms with Gasteiger partial charge in [-0.1, -0.05) is 0 Å². The van der Waals surface area contributed by atoms with Gasteiger partial charge in [-0.15, -0.1) is 0 Å². The van der Waals surface area contributed by atoms with Gasteiger partial charge in [0.15, 0.2) is 0 Å². The Kier molecular flexibility index (Phi) is 3.14. The Labute approximate surface area is 138 Å². The number of benzene rings is 1. The number of aromatic nitrogens is 2. The Morgan fingerprint density at radius 3 is 2.83 bits per heavy atom. The second kappa shape index (κ2) is 5.20. The molecule has 7 nitrogen and oxygen atoms in total. The number of hydrazine groups is 2. The number of nitrogens with two attached hydrogens (primary N) is 1. The number of anilines is 1. The molecule has 0 unspecified atom stereocenters. The van der Waals surface area contributed by atoms with E-state index in [-0.39, 0.29) is 5.82 Å². The zero-order chi connectivity index (χ0) is 16.8. The van der Waals surface area contributed by atoms with Crippen molar-refractivity contribution in [1.29, 1.82) is 0 Å². The molecule has 0 amide bonds. The largest absolute Gasteiger partial charge is 0.291 e. The van der Waals surface area contributed by atoms with Gasteiger partial charge in [0.2, 0.25) is 0 Å². The third-order valence-corrected chi connectivity index (χ3v) is 3.93. The first kappa shape index (κ1) is 14.5. The third kappa shape index (κ3) is 2.24. The van der Waals surface area contributed by atoms with E-state index < -0.39 is 0 Å². The topological polar surface area (TPSA) is 74.7 Å². The quantitative estimate of drug-likeness (QED) is 0.821. The molecule has 0 radical (unpaired) electrons. The van der Waals surface area contributed by atoms with Crippen LogP contribution in [-0.4, -0.2) is 21.1 Å². The lowest BCUT2D eigenvalue weighted by Crippen LogP contribution is -2.34. The first-order chi connectivity index (χ1) is 11.5. The predicted octanol–water partition coefficient (Wildman–Crippen LogP) is 1.62. The lowest BCUT2D eigenvalue weighted by Gasteiger charge is -2.24. The standard InChI is InChI=1S/C16H16FN7/c1-10-5-12(3-4-13(10)17)24-14-8-23(18)9-19-16(14)15(21-24)11-6-20-22(2)7-11/h3-9,21H,18H2,1-2H3. The average Bonchev–Trinajstić information content (AvgIpc) is 3.13. The monoisotopic (exact) mass is 325 g/mol. The average molecular weight is 325 g/mol. The van der Waals surface area contributed by atoms with Crippen molar-refractivity contribution in [2.45, 2.75) is 6.92 Å². The highest BCUT2D eigenvalue weighted by atomic mass is 19.1. The van der Waals surface area contributed by atoms with Crippen LogP contribution in [0.4, 0.5) is 10.1 Å². The van der Waals surface area contributed by atoms with E-state index in [1.807, 2.05) is 18.3 Å². The summed E-state index contributed by atoms with van der Waals surface area (Å²) < 4.78 is 15.3. The first-order valence-electron chi connectivity index (χ1n) is 7.38. The Bertz CT molecular complexity index is 909. The van der Waals surface area contributed by atoms with Gasteiger partial charge in [-0.3, -0.25) is 20.1 Å². The molecule has 0 saturated carbocycles. The van der Waals surface area contributed by atoms with Crippen LogP contribution in [0.15, 0.2) is 53.2 Å². The number of nitrogens with one attached hydrogen (secondary N) is 1.